The van der Waals surface area contributed by atoms with E-state index in [0.29, 0.717) is 25.5 Å². The van der Waals surface area contributed by atoms with Crippen LogP contribution >= 0.6 is 0 Å². The van der Waals surface area contributed by atoms with Crippen molar-refractivity contribution in [2.75, 3.05) is 31.6 Å². The van der Waals surface area contributed by atoms with Crippen LogP contribution in [0, 0.1) is 6.92 Å². The third-order valence-electron chi connectivity index (χ3n) is 5.32. The van der Waals surface area contributed by atoms with Crippen molar-refractivity contribution in [2.45, 2.75) is 53.0 Å². The highest BCUT2D eigenvalue weighted by molar-refractivity contribution is 5.31. The maximum absolute atomic E-state index is 12.3. The van der Waals surface area contributed by atoms with Gasteiger partial charge in [-0.1, -0.05) is 23.8 Å². The molecule has 1 aliphatic rings. The molecule has 6 heteroatoms. The van der Waals surface area contributed by atoms with Gasteiger partial charge < -0.3 is 10.1 Å². The Bertz CT molecular complexity index is 910. The maximum atomic E-state index is 12.3. The van der Waals surface area contributed by atoms with Gasteiger partial charge in [0.2, 0.25) is 5.95 Å². The molecule has 0 saturated carbocycles. The van der Waals surface area contributed by atoms with Gasteiger partial charge in [-0.3, -0.25) is 14.7 Å². The van der Waals surface area contributed by atoms with Crippen molar-refractivity contribution in [3.05, 3.63) is 63.1 Å². The Kier molecular flexibility index (Phi) is 8.08. The van der Waals surface area contributed by atoms with Crippen LogP contribution in [0.3, 0.4) is 0 Å². The van der Waals surface area contributed by atoms with Crippen molar-refractivity contribution < 1.29 is 4.74 Å². The highest BCUT2D eigenvalue weighted by Crippen LogP contribution is 2.17. The molecule has 2 aromatic rings. The molecule has 3 rings (SSSR count). The van der Waals surface area contributed by atoms with Crippen LogP contribution in [0.2, 0.25) is 0 Å². The van der Waals surface area contributed by atoms with Crippen molar-refractivity contribution in [2.24, 2.45) is 0 Å². The fraction of sp³-hybridized carbons (Fsp3) is 0.500. The van der Waals surface area contributed by atoms with Crippen LogP contribution in [0.25, 0.3) is 0 Å². The number of aryl methyl sites for hydroxylation is 1. The second kappa shape index (κ2) is 11.0. The molecule has 2 N–H and O–H groups in total. The van der Waals surface area contributed by atoms with Crippen LogP contribution in [0.15, 0.2) is 40.7 Å². The first-order valence-electron chi connectivity index (χ1n) is 10.9. The Balaban J connectivity index is 1.43. The zero-order valence-electron chi connectivity index (χ0n) is 18.5. The van der Waals surface area contributed by atoms with E-state index in [-0.39, 0.29) is 5.56 Å². The molecule has 6 nitrogen and oxygen atoms in total. The lowest BCUT2D eigenvalue weighted by Gasteiger charge is -2.15. The molecule has 0 aliphatic carbocycles. The van der Waals surface area contributed by atoms with Gasteiger partial charge in [0.1, 0.15) is 5.75 Å². The molecule has 0 unspecified atom stereocenters. The monoisotopic (exact) mass is 410 g/mol. The largest absolute Gasteiger partial charge is 0.494 e. The number of aromatic nitrogens is 2. The normalized spacial score (nSPS) is 14.0. The lowest BCUT2D eigenvalue weighted by molar-refractivity contribution is 0.310. The molecule has 0 radical (unpaired) electrons. The maximum Gasteiger partial charge on any atom is 0.256 e. The Labute approximate surface area is 179 Å². The van der Waals surface area contributed by atoms with Crippen LogP contribution < -0.4 is 15.6 Å². The van der Waals surface area contributed by atoms with Crippen molar-refractivity contribution in [3.63, 3.8) is 0 Å². The van der Waals surface area contributed by atoms with Crippen molar-refractivity contribution in [3.8, 4) is 5.75 Å². The fourth-order valence-corrected chi connectivity index (χ4v) is 3.64. The molecule has 0 amide bonds. The number of hydrogen-bond donors (Lipinski definition) is 2. The van der Waals surface area contributed by atoms with Gasteiger partial charge in [-0.15, -0.1) is 0 Å². The number of aromatic amines is 1. The lowest BCUT2D eigenvalue weighted by atomic mass is 10.1. The Hall–Kier alpha value is -2.60. The molecular weight excluding hydrogens is 376 g/mol. The molecule has 1 aliphatic heterocycles. The predicted octanol–water partition coefficient (Wildman–Crippen LogP) is 4.06. The highest BCUT2D eigenvalue weighted by atomic mass is 16.5. The third kappa shape index (κ3) is 6.73. The molecule has 162 valence electrons. The minimum Gasteiger partial charge on any atom is -0.494 e. The minimum atomic E-state index is -0.0754. The van der Waals surface area contributed by atoms with Crippen LogP contribution in [0.1, 0.15) is 49.9 Å². The molecule has 1 aromatic carbocycles. The van der Waals surface area contributed by atoms with E-state index in [2.05, 4.69) is 38.4 Å². The average molecular weight is 411 g/mol. The topological polar surface area (TPSA) is 70.2 Å². The number of H-pyrrole nitrogens is 1. The van der Waals surface area contributed by atoms with Crippen LogP contribution in [0.5, 0.6) is 5.75 Å². The summed E-state index contributed by atoms with van der Waals surface area (Å²) in [5, 5.41) is 3.20. The van der Waals surface area contributed by atoms with Crippen LogP contribution in [-0.4, -0.2) is 41.1 Å². The number of anilines is 1. The molecule has 2 heterocycles. The predicted molar refractivity (Wildman–Crippen MR) is 122 cm³/mol. The van der Waals surface area contributed by atoms with Crippen molar-refractivity contribution in [1.82, 2.24) is 14.9 Å². The van der Waals surface area contributed by atoms with Gasteiger partial charge in [0, 0.05) is 18.7 Å². The van der Waals surface area contributed by atoms with E-state index in [4.69, 9.17) is 4.74 Å². The first-order valence-corrected chi connectivity index (χ1v) is 10.9. The first-order chi connectivity index (χ1) is 14.5. The van der Waals surface area contributed by atoms with Gasteiger partial charge in [-0.2, -0.15) is 0 Å². The number of benzene rings is 1. The van der Waals surface area contributed by atoms with E-state index >= 15 is 0 Å². The van der Waals surface area contributed by atoms with Gasteiger partial charge >= 0.3 is 0 Å². The summed E-state index contributed by atoms with van der Waals surface area (Å²) < 4.78 is 5.91. The summed E-state index contributed by atoms with van der Waals surface area (Å²) in [6, 6.07) is 8.37. The molecular formula is C24H34N4O2. The number of nitrogens with zero attached hydrogens (tertiary/aromatic N) is 2. The summed E-state index contributed by atoms with van der Waals surface area (Å²) in [6.45, 7) is 10.6. The Morgan fingerprint density at radius 3 is 2.83 bits per heavy atom. The zero-order valence-corrected chi connectivity index (χ0v) is 18.5. The van der Waals surface area contributed by atoms with Gasteiger partial charge in [0.15, 0.2) is 0 Å². The standard InChI is InChI=1S/C24H34N4O2/c1-18(2)10-11-22-19(3)26-24(27-23(22)29)25-12-7-15-30-21-9-6-8-20(16-21)17-28-13-4-5-14-28/h6,8-10,16H,4-5,7,11-15,17H2,1-3H3,(H2,25,26,27,29). The molecule has 0 spiro atoms. The lowest BCUT2D eigenvalue weighted by Crippen LogP contribution is -2.20. The number of nitrogens with one attached hydrogen (secondary N) is 2. The molecule has 0 atom stereocenters. The summed E-state index contributed by atoms with van der Waals surface area (Å²) in [5.74, 6) is 1.43. The molecule has 1 aromatic heterocycles. The average Bonchev–Trinajstić information content (AvgIpc) is 3.20. The van der Waals surface area contributed by atoms with Crippen molar-refractivity contribution >= 4 is 5.95 Å². The zero-order chi connectivity index (χ0) is 21.3. The molecule has 30 heavy (non-hydrogen) atoms. The van der Waals surface area contributed by atoms with Gasteiger partial charge in [-0.25, -0.2) is 4.98 Å². The molecule has 0 bridgehead atoms. The van der Waals surface area contributed by atoms with Gasteiger partial charge in [0.05, 0.1) is 12.3 Å². The summed E-state index contributed by atoms with van der Waals surface area (Å²) in [7, 11) is 0. The number of likely N-dealkylation sites (tertiary alicyclic amines) is 1. The van der Waals surface area contributed by atoms with Crippen LogP contribution in [0.4, 0.5) is 5.95 Å². The minimum absolute atomic E-state index is 0.0754. The third-order valence-corrected chi connectivity index (χ3v) is 5.32. The SMILES string of the molecule is CC(C)=CCc1c(C)nc(NCCCOc2cccc(CN3CCCC3)c2)[nH]c1=O. The smallest absolute Gasteiger partial charge is 0.256 e. The number of hydrogen-bond acceptors (Lipinski definition) is 5. The highest BCUT2D eigenvalue weighted by Gasteiger charge is 2.12. The second-order valence-corrected chi connectivity index (χ2v) is 8.22. The summed E-state index contributed by atoms with van der Waals surface area (Å²) in [6.07, 6.45) is 6.09. The Morgan fingerprint density at radius 2 is 2.10 bits per heavy atom. The first kappa shape index (κ1) is 22.1. The summed E-state index contributed by atoms with van der Waals surface area (Å²) >= 11 is 0. The number of rotatable bonds is 10. The summed E-state index contributed by atoms with van der Waals surface area (Å²) in [5.41, 5.74) is 3.91. The van der Waals surface area contributed by atoms with E-state index in [1.54, 1.807) is 0 Å². The quantitative estimate of drug-likeness (QED) is 0.456. The van der Waals surface area contributed by atoms with E-state index < -0.39 is 0 Å². The second-order valence-electron chi connectivity index (χ2n) is 8.22. The van der Waals surface area contributed by atoms with E-state index in [9.17, 15) is 4.79 Å². The number of allylic oxidation sites excluding steroid dienone is 2. The molecule has 1 saturated heterocycles. The van der Waals surface area contributed by atoms with E-state index in [1.165, 1.54) is 37.1 Å². The molecule has 1 fully saturated rings. The number of ether oxygens (including phenoxy) is 1. The van der Waals surface area contributed by atoms with Crippen molar-refractivity contribution in [1.29, 1.82) is 0 Å². The van der Waals surface area contributed by atoms with E-state index in [0.717, 1.165) is 30.0 Å². The van der Waals surface area contributed by atoms with Crippen LogP contribution in [-0.2, 0) is 13.0 Å². The van der Waals surface area contributed by atoms with Gasteiger partial charge in [-0.05, 0) is 77.2 Å². The Morgan fingerprint density at radius 1 is 1.30 bits per heavy atom. The van der Waals surface area contributed by atoms with Gasteiger partial charge in [0.25, 0.3) is 5.56 Å². The van der Waals surface area contributed by atoms with E-state index in [1.807, 2.05) is 32.9 Å². The fourth-order valence-electron chi connectivity index (χ4n) is 3.64. The summed E-state index contributed by atoms with van der Waals surface area (Å²) in [4.78, 5) is 22.1.